The van der Waals surface area contributed by atoms with E-state index in [-0.39, 0.29) is 12.5 Å². The lowest BCUT2D eigenvalue weighted by Crippen LogP contribution is -2.43. The average Bonchev–Trinajstić information content (AvgIpc) is 3.07. The van der Waals surface area contributed by atoms with E-state index in [1.165, 1.54) is 24.3 Å². The molecule has 0 spiro atoms. The maximum atomic E-state index is 13.1. The predicted molar refractivity (Wildman–Crippen MR) is 74.3 cm³/mol. The minimum absolute atomic E-state index is 0.335. The van der Waals surface area contributed by atoms with Gasteiger partial charge in [-0.2, -0.15) is 0 Å². The van der Waals surface area contributed by atoms with Crippen LogP contribution < -0.4 is 4.90 Å². The number of aliphatic hydroxyl groups is 1. The molecule has 2 bridgehead atoms. The monoisotopic (exact) mass is 303 g/mol. The lowest BCUT2D eigenvalue weighted by atomic mass is 9.73. The van der Waals surface area contributed by atoms with Crippen LogP contribution >= 0.6 is 0 Å². The second-order valence-corrected chi connectivity index (χ2v) is 6.18. The van der Waals surface area contributed by atoms with E-state index >= 15 is 0 Å². The van der Waals surface area contributed by atoms with Crippen molar-refractivity contribution in [3.63, 3.8) is 0 Å². The third-order valence-electron chi connectivity index (χ3n) is 4.89. The first-order valence-corrected chi connectivity index (χ1v) is 7.07. The Balaban J connectivity index is 1.80. The lowest BCUT2D eigenvalue weighted by Gasteiger charge is -2.26. The minimum atomic E-state index is -1.14. The van der Waals surface area contributed by atoms with Gasteiger partial charge in [0.15, 0.2) is 0 Å². The van der Waals surface area contributed by atoms with Crippen LogP contribution in [0.2, 0.25) is 0 Å². The van der Waals surface area contributed by atoms with Crippen LogP contribution in [0.25, 0.3) is 0 Å². The molecule has 3 heterocycles. The Morgan fingerprint density at radius 3 is 2.45 bits per heavy atom. The number of hydrogen-bond donors (Lipinski definition) is 1. The second kappa shape index (κ2) is 4.02. The number of hydrogen-bond acceptors (Lipinski definition) is 4. The number of carbonyl (C=O) groups excluding carboxylic acids is 2. The normalized spacial score (nSPS) is 39.0. The van der Waals surface area contributed by atoms with Gasteiger partial charge in [0.2, 0.25) is 11.8 Å². The molecule has 0 aliphatic carbocycles. The summed E-state index contributed by atoms with van der Waals surface area (Å²) in [5.41, 5.74) is -1.70. The number of imide groups is 1. The van der Waals surface area contributed by atoms with Gasteiger partial charge in [-0.3, -0.25) is 9.59 Å². The highest BCUT2D eigenvalue weighted by Gasteiger charge is 2.72. The van der Waals surface area contributed by atoms with E-state index in [0.717, 1.165) is 4.90 Å². The minimum Gasteiger partial charge on any atom is -0.393 e. The molecule has 2 fully saturated rings. The van der Waals surface area contributed by atoms with Crippen LogP contribution in [0.4, 0.5) is 10.1 Å². The number of carbonyl (C=O) groups is 2. The summed E-state index contributed by atoms with van der Waals surface area (Å²) in [6, 6.07) is 5.21. The average molecular weight is 303 g/mol. The molecule has 4 atom stereocenters. The summed E-state index contributed by atoms with van der Waals surface area (Å²) in [4.78, 5) is 26.6. The molecule has 4 unspecified atom stereocenters. The fourth-order valence-corrected chi connectivity index (χ4v) is 3.89. The molecule has 114 valence electrons. The predicted octanol–water partition coefficient (Wildman–Crippen LogP) is 1.02. The molecule has 0 radical (unpaired) electrons. The Labute approximate surface area is 126 Å². The van der Waals surface area contributed by atoms with Gasteiger partial charge in [0.1, 0.15) is 11.4 Å². The maximum absolute atomic E-state index is 13.1. The van der Waals surface area contributed by atoms with Gasteiger partial charge in [-0.25, -0.2) is 9.29 Å². The van der Waals surface area contributed by atoms with Gasteiger partial charge >= 0.3 is 0 Å². The van der Waals surface area contributed by atoms with Gasteiger partial charge in [0.05, 0.1) is 29.7 Å². The Hall–Kier alpha value is -2.05. The van der Waals surface area contributed by atoms with Crippen LogP contribution in [0, 0.1) is 17.7 Å². The number of rotatable bonds is 2. The second-order valence-electron chi connectivity index (χ2n) is 6.18. The Morgan fingerprint density at radius 2 is 1.82 bits per heavy atom. The number of anilines is 1. The van der Waals surface area contributed by atoms with Crippen molar-refractivity contribution in [3.8, 4) is 0 Å². The molecule has 3 aliphatic heterocycles. The van der Waals surface area contributed by atoms with Crippen molar-refractivity contribution < 1.29 is 23.8 Å². The van der Waals surface area contributed by atoms with Crippen molar-refractivity contribution in [2.45, 2.75) is 18.1 Å². The molecule has 2 saturated heterocycles. The molecule has 5 nitrogen and oxygen atoms in total. The molecule has 0 saturated carbocycles. The highest BCUT2D eigenvalue weighted by atomic mass is 19.1. The van der Waals surface area contributed by atoms with E-state index < -0.39 is 34.8 Å². The van der Waals surface area contributed by atoms with E-state index in [0.29, 0.717) is 5.69 Å². The summed E-state index contributed by atoms with van der Waals surface area (Å²) in [6.45, 7) is 1.38. The number of benzene rings is 1. The van der Waals surface area contributed by atoms with Crippen molar-refractivity contribution in [3.05, 3.63) is 42.2 Å². The van der Waals surface area contributed by atoms with E-state index in [9.17, 15) is 19.1 Å². The first kappa shape index (κ1) is 13.6. The first-order chi connectivity index (χ1) is 10.4. The summed E-state index contributed by atoms with van der Waals surface area (Å²) in [7, 11) is 0. The molecule has 1 N–H and O–H groups in total. The van der Waals surface area contributed by atoms with E-state index in [1.54, 1.807) is 19.1 Å². The quantitative estimate of drug-likeness (QED) is 0.654. The molecular weight excluding hydrogens is 289 g/mol. The van der Waals surface area contributed by atoms with Gasteiger partial charge in [0, 0.05) is 0 Å². The Bertz CT molecular complexity index is 715. The molecule has 1 aromatic rings. The van der Waals surface area contributed by atoms with Crippen molar-refractivity contribution in [1.29, 1.82) is 0 Å². The molecule has 2 amide bonds. The number of fused-ring (bicyclic) bond motifs is 5. The zero-order valence-electron chi connectivity index (χ0n) is 11.8. The zero-order valence-corrected chi connectivity index (χ0v) is 11.8. The van der Waals surface area contributed by atoms with Crippen molar-refractivity contribution >= 4 is 17.5 Å². The number of amides is 2. The highest BCUT2D eigenvalue weighted by Crippen LogP contribution is 2.57. The number of ether oxygens (including phenoxy) is 1. The number of aliphatic hydroxyl groups excluding tert-OH is 1. The zero-order chi connectivity index (χ0) is 15.7. The van der Waals surface area contributed by atoms with Gasteiger partial charge < -0.3 is 9.84 Å². The molecular formula is C16H14FNO4. The fourth-order valence-electron chi connectivity index (χ4n) is 3.89. The first-order valence-electron chi connectivity index (χ1n) is 7.07. The molecule has 6 heteroatoms. The number of nitrogens with zero attached hydrogens (tertiary/aromatic N) is 1. The summed E-state index contributed by atoms with van der Waals surface area (Å²) in [6.07, 6.45) is 3.41. The summed E-state index contributed by atoms with van der Waals surface area (Å²) >= 11 is 0. The van der Waals surface area contributed by atoms with Crippen LogP contribution in [0.15, 0.2) is 36.4 Å². The van der Waals surface area contributed by atoms with E-state index in [4.69, 9.17) is 4.74 Å². The molecule has 1 aromatic carbocycles. The third kappa shape index (κ3) is 1.43. The van der Waals surface area contributed by atoms with Crippen molar-refractivity contribution in [2.24, 2.45) is 11.8 Å². The summed E-state index contributed by atoms with van der Waals surface area (Å²) in [5, 5.41) is 9.69. The summed E-state index contributed by atoms with van der Waals surface area (Å²) in [5.74, 6) is -2.63. The van der Waals surface area contributed by atoms with Gasteiger partial charge in [-0.15, -0.1) is 0 Å². The SMILES string of the molecule is CC12C=CC(CO)(O1)C1C(=O)N(c3ccc(F)cc3)C(=O)C12. The Morgan fingerprint density at radius 1 is 1.18 bits per heavy atom. The Kier molecular flexibility index (Phi) is 2.49. The molecule has 0 aromatic heterocycles. The third-order valence-corrected chi connectivity index (χ3v) is 4.89. The van der Waals surface area contributed by atoms with Gasteiger partial charge in [-0.1, -0.05) is 12.2 Å². The van der Waals surface area contributed by atoms with Crippen LogP contribution in [0.5, 0.6) is 0 Å². The van der Waals surface area contributed by atoms with E-state index in [2.05, 4.69) is 0 Å². The molecule has 3 aliphatic rings. The summed E-state index contributed by atoms with van der Waals surface area (Å²) < 4.78 is 18.9. The van der Waals surface area contributed by atoms with Gasteiger partial charge in [0.25, 0.3) is 0 Å². The maximum Gasteiger partial charge on any atom is 0.241 e. The fraction of sp³-hybridized carbons (Fsp3) is 0.375. The van der Waals surface area contributed by atoms with Crippen LogP contribution in [-0.2, 0) is 14.3 Å². The standard InChI is InChI=1S/C16H14FNO4/c1-15-6-7-16(8-19,22-15)12-11(15)13(20)18(14(12)21)10-4-2-9(17)3-5-10/h2-7,11-12,19H,8H2,1H3. The lowest BCUT2D eigenvalue weighted by molar-refractivity contribution is -0.131. The van der Waals surface area contributed by atoms with Crippen LogP contribution in [0.1, 0.15) is 6.92 Å². The smallest absolute Gasteiger partial charge is 0.241 e. The van der Waals surface area contributed by atoms with Crippen molar-refractivity contribution in [2.75, 3.05) is 11.5 Å². The van der Waals surface area contributed by atoms with Gasteiger partial charge in [-0.05, 0) is 31.2 Å². The number of halogens is 1. The largest absolute Gasteiger partial charge is 0.393 e. The van der Waals surface area contributed by atoms with Crippen LogP contribution in [0.3, 0.4) is 0 Å². The molecule has 4 rings (SSSR count). The van der Waals surface area contributed by atoms with Crippen LogP contribution in [-0.4, -0.2) is 34.7 Å². The molecule has 22 heavy (non-hydrogen) atoms. The topological polar surface area (TPSA) is 66.8 Å². The van der Waals surface area contributed by atoms with Crippen molar-refractivity contribution in [1.82, 2.24) is 0 Å². The highest BCUT2D eigenvalue weighted by molar-refractivity contribution is 6.23. The van der Waals surface area contributed by atoms with E-state index in [1.807, 2.05) is 0 Å².